The zero-order valence-corrected chi connectivity index (χ0v) is 12.2. The van der Waals surface area contributed by atoms with Crippen molar-refractivity contribution in [1.29, 1.82) is 0 Å². The summed E-state index contributed by atoms with van der Waals surface area (Å²) in [6.07, 6.45) is 4.52. The van der Waals surface area contributed by atoms with Crippen LogP contribution >= 0.6 is 15.9 Å². The van der Waals surface area contributed by atoms with Crippen molar-refractivity contribution in [3.05, 3.63) is 32.8 Å². The molecular formula is C13H17BrN2O3. The Balaban J connectivity index is 1.89. The van der Waals surface area contributed by atoms with Crippen LogP contribution in [0.5, 0.6) is 5.75 Å². The maximum Gasteiger partial charge on any atom is 0.312 e. The Morgan fingerprint density at radius 2 is 2.32 bits per heavy atom. The van der Waals surface area contributed by atoms with Gasteiger partial charge in [-0.15, -0.1) is 0 Å². The minimum atomic E-state index is -0.418. The first-order valence-corrected chi connectivity index (χ1v) is 7.26. The van der Waals surface area contributed by atoms with Crippen molar-refractivity contribution < 1.29 is 9.66 Å². The molecular weight excluding hydrogens is 312 g/mol. The van der Waals surface area contributed by atoms with E-state index in [2.05, 4.69) is 21.2 Å². The SMILES string of the molecule is O=[N+]([O-])c1cc(Br)ccc1OCC[C@H]1CCCCN1. The van der Waals surface area contributed by atoms with Crippen molar-refractivity contribution >= 4 is 21.6 Å². The second kappa shape index (κ2) is 6.86. The van der Waals surface area contributed by atoms with Gasteiger partial charge in [-0.1, -0.05) is 22.4 Å². The molecule has 104 valence electrons. The first-order chi connectivity index (χ1) is 9.16. The number of nitrogens with zero attached hydrogens (tertiary/aromatic N) is 1. The van der Waals surface area contributed by atoms with Crippen molar-refractivity contribution in [2.45, 2.75) is 31.7 Å². The quantitative estimate of drug-likeness (QED) is 0.665. The van der Waals surface area contributed by atoms with Crippen LogP contribution in [0.4, 0.5) is 5.69 Å². The lowest BCUT2D eigenvalue weighted by Gasteiger charge is -2.23. The molecule has 0 radical (unpaired) electrons. The lowest BCUT2D eigenvalue weighted by molar-refractivity contribution is -0.385. The van der Waals surface area contributed by atoms with Gasteiger partial charge >= 0.3 is 5.69 Å². The van der Waals surface area contributed by atoms with E-state index in [4.69, 9.17) is 4.74 Å². The standard InChI is InChI=1S/C13H17BrN2O3/c14-10-4-5-13(12(9-10)16(17)18)19-8-6-11-3-1-2-7-15-11/h4-5,9,11,15H,1-3,6-8H2/t11-/m1/s1. The summed E-state index contributed by atoms with van der Waals surface area (Å²) in [4.78, 5) is 10.5. The van der Waals surface area contributed by atoms with Crippen molar-refractivity contribution in [2.24, 2.45) is 0 Å². The molecule has 1 atom stereocenters. The highest BCUT2D eigenvalue weighted by molar-refractivity contribution is 9.10. The minimum Gasteiger partial charge on any atom is -0.487 e. The molecule has 0 unspecified atom stereocenters. The van der Waals surface area contributed by atoms with Gasteiger partial charge in [0.1, 0.15) is 0 Å². The maximum absolute atomic E-state index is 10.9. The van der Waals surface area contributed by atoms with Crippen LogP contribution in [0.25, 0.3) is 0 Å². The van der Waals surface area contributed by atoms with Gasteiger partial charge in [-0.05, 0) is 37.9 Å². The van der Waals surface area contributed by atoms with E-state index in [1.807, 2.05) is 0 Å². The van der Waals surface area contributed by atoms with Gasteiger partial charge in [0.2, 0.25) is 0 Å². The molecule has 1 aromatic carbocycles. The van der Waals surface area contributed by atoms with Crippen LogP contribution in [0.3, 0.4) is 0 Å². The van der Waals surface area contributed by atoms with E-state index < -0.39 is 4.92 Å². The number of hydrogen-bond acceptors (Lipinski definition) is 4. The third-order valence-electron chi connectivity index (χ3n) is 3.25. The number of nitro groups is 1. The zero-order valence-electron chi connectivity index (χ0n) is 10.6. The van der Waals surface area contributed by atoms with Gasteiger partial charge in [0, 0.05) is 16.6 Å². The molecule has 6 heteroatoms. The largest absolute Gasteiger partial charge is 0.487 e. The van der Waals surface area contributed by atoms with Crippen molar-refractivity contribution in [3.63, 3.8) is 0 Å². The molecule has 0 bridgehead atoms. The first kappa shape index (κ1) is 14.3. The highest BCUT2D eigenvalue weighted by atomic mass is 79.9. The van der Waals surface area contributed by atoms with E-state index in [-0.39, 0.29) is 5.69 Å². The Morgan fingerprint density at radius 1 is 1.47 bits per heavy atom. The lowest BCUT2D eigenvalue weighted by Crippen LogP contribution is -2.35. The predicted octanol–water partition coefficient (Wildman–Crippen LogP) is 3.27. The highest BCUT2D eigenvalue weighted by Crippen LogP contribution is 2.30. The summed E-state index contributed by atoms with van der Waals surface area (Å²) in [5, 5.41) is 14.4. The molecule has 1 saturated heterocycles. The van der Waals surface area contributed by atoms with E-state index in [0.29, 0.717) is 22.9 Å². The van der Waals surface area contributed by atoms with Crippen molar-refractivity contribution in [2.75, 3.05) is 13.2 Å². The number of piperidine rings is 1. The highest BCUT2D eigenvalue weighted by Gasteiger charge is 2.17. The van der Waals surface area contributed by atoms with Crippen LogP contribution in [0.15, 0.2) is 22.7 Å². The summed E-state index contributed by atoms with van der Waals surface area (Å²) < 4.78 is 6.23. The van der Waals surface area contributed by atoms with Crippen LogP contribution in [0, 0.1) is 10.1 Å². The number of nitro benzene ring substituents is 1. The Kier molecular flexibility index (Phi) is 5.15. The average Bonchev–Trinajstić information content (AvgIpc) is 2.41. The molecule has 5 nitrogen and oxygen atoms in total. The molecule has 1 heterocycles. The number of benzene rings is 1. The maximum atomic E-state index is 10.9. The van der Waals surface area contributed by atoms with E-state index in [1.54, 1.807) is 12.1 Å². The monoisotopic (exact) mass is 328 g/mol. The van der Waals surface area contributed by atoms with Gasteiger partial charge in [0.15, 0.2) is 5.75 Å². The fraction of sp³-hybridized carbons (Fsp3) is 0.538. The summed E-state index contributed by atoms with van der Waals surface area (Å²) in [5.74, 6) is 0.337. The molecule has 1 aliphatic rings. The van der Waals surface area contributed by atoms with Crippen LogP contribution in [-0.2, 0) is 0 Å². The number of ether oxygens (including phenoxy) is 1. The Morgan fingerprint density at radius 3 is 3.00 bits per heavy atom. The number of nitrogens with one attached hydrogen (secondary N) is 1. The second-order valence-corrected chi connectivity index (χ2v) is 5.57. The van der Waals surface area contributed by atoms with Crippen LogP contribution in [-0.4, -0.2) is 24.1 Å². The molecule has 1 aromatic rings. The summed E-state index contributed by atoms with van der Waals surface area (Å²) in [5.41, 5.74) is 0.00554. The number of rotatable bonds is 5. The minimum absolute atomic E-state index is 0.00554. The van der Waals surface area contributed by atoms with Gasteiger partial charge in [-0.2, -0.15) is 0 Å². The Labute approximate surface area is 120 Å². The number of halogens is 1. The van der Waals surface area contributed by atoms with E-state index in [9.17, 15) is 10.1 Å². The molecule has 0 amide bonds. The molecule has 19 heavy (non-hydrogen) atoms. The van der Waals surface area contributed by atoms with Crippen LogP contribution in [0.1, 0.15) is 25.7 Å². The smallest absolute Gasteiger partial charge is 0.312 e. The van der Waals surface area contributed by atoms with E-state index in [1.165, 1.54) is 18.9 Å². The third-order valence-corrected chi connectivity index (χ3v) is 3.75. The summed E-state index contributed by atoms with van der Waals surface area (Å²) in [7, 11) is 0. The summed E-state index contributed by atoms with van der Waals surface area (Å²) in [6, 6.07) is 5.33. The third kappa shape index (κ3) is 4.18. The molecule has 1 N–H and O–H groups in total. The van der Waals surface area contributed by atoms with Crippen molar-refractivity contribution in [1.82, 2.24) is 5.32 Å². The molecule has 1 aliphatic heterocycles. The van der Waals surface area contributed by atoms with E-state index in [0.717, 1.165) is 19.4 Å². The van der Waals surface area contributed by atoms with Gasteiger partial charge in [-0.25, -0.2) is 0 Å². The van der Waals surface area contributed by atoms with E-state index >= 15 is 0 Å². The van der Waals surface area contributed by atoms with Gasteiger partial charge in [-0.3, -0.25) is 10.1 Å². The fourth-order valence-corrected chi connectivity index (χ4v) is 2.59. The van der Waals surface area contributed by atoms with Gasteiger partial charge < -0.3 is 10.1 Å². The predicted molar refractivity (Wildman–Crippen MR) is 76.6 cm³/mol. The second-order valence-electron chi connectivity index (χ2n) is 4.65. The zero-order chi connectivity index (χ0) is 13.7. The number of hydrogen-bond donors (Lipinski definition) is 1. The van der Waals surface area contributed by atoms with Gasteiger partial charge in [0.25, 0.3) is 0 Å². The topological polar surface area (TPSA) is 64.4 Å². The normalized spacial score (nSPS) is 19.1. The fourth-order valence-electron chi connectivity index (χ4n) is 2.24. The molecule has 0 aromatic heterocycles. The molecule has 1 fully saturated rings. The molecule has 0 spiro atoms. The molecule has 2 rings (SSSR count). The van der Waals surface area contributed by atoms with Gasteiger partial charge in [0.05, 0.1) is 11.5 Å². The van der Waals surface area contributed by atoms with Crippen molar-refractivity contribution in [3.8, 4) is 5.75 Å². The molecule has 0 aliphatic carbocycles. The lowest BCUT2D eigenvalue weighted by atomic mass is 10.0. The van der Waals surface area contributed by atoms with Crippen LogP contribution < -0.4 is 10.1 Å². The summed E-state index contributed by atoms with van der Waals surface area (Å²) >= 11 is 3.23. The molecule has 0 saturated carbocycles. The average molecular weight is 329 g/mol. The first-order valence-electron chi connectivity index (χ1n) is 6.47. The Bertz CT molecular complexity index is 448. The Hall–Kier alpha value is -1.14. The summed E-state index contributed by atoms with van der Waals surface area (Å²) in [6.45, 7) is 1.56. The van der Waals surface area contributed by atoms with Crippen LogP contribution in [0.2, 0.25) is 0 Å².